The molecule has 56 heavy (non-hydrogen) atoms. The summed E-state index contributed by atoms with van der Waals surface area (Å²) in [5, 5.41) is 8.34. The third kappa shape index (κ3) is 10.1. The number of aromatic nitrogens is 1. The molecular weight excluding hydrogens is 718 g/mol. The van der Waals surface area contributed by atoms with E-state index < -0.39 is 17.9 Å². The van der Waals surface area contributed by atoms with Crippen LogP contribution in [-0.4, -0.2) is 104 Å². The molecule has 4 rings (SSSR count). The van der Waals surface area contributed by atoms with Crippen molar-refractivity contribution in [3.63, 3.8) is 0 Å². The SMILES string of the molecule is CCCC(C(=O)NC=O)N(C=O)C(=O)c1c(C)cccc1NCCCCCNC(=O)N1CCc2c(-c3cc(OC)c(CN(C)C)c(OC)c3)cn(C)c(=O)c2C1. The third-order valence-electron chi connectivity index (χ3n) is 9.93. The van der Waals surface area contributed by atoms with Gasteiger partial charge in [0.1, 0.15) is 17.5 Å². The van der Waals surface area contributed by atoms with Crippen molar-refractivity contribution >= 4 is 36.4 Å². The quantitative estimate of drug-likeness (QED) is 0.120. The normalized spacial score (nSPS) is 12.7. The molecule has 3 N–H and O–H groups in total. The smallest absolute Gasteiger partial charge is 0.317 e. The van der Waals surface area contributed by atoms with E-state index in [-0.39, 0.29) is 36.5 Å². The topological polar surface area (TPSA) is 172 Å². The monoisotopic (exact) mass is 773 g/mol. The van der Waals surface area contributed by atoms with Crippen molar-refractivity contribution in [2.45, 2.75) is 71.5 Å². The van der Waals surface area contributed by atoms with E-state index in [2.05, 4.69) is 16.0 Å². The summed E-state index contributed by atoms with van der Waals surface area (Å²) in [5.74, 6) is 0.0352. The first-order chi connectivity index (χ1) is 26.9. The van der Waals surface area contributed by atoms with Gasteiger partial charge < -0.3 is 34.5 Å². The average molecular weight is 774 g/mol. The van der Waals surface area contributed by atoms with Gasteiger partial charge in [-0.1, -0.05) is 25.5 Å². The van der Waals surface area contributed by atoms with Gasteiger partial charge in [-0.2, -0.15) is 0 Å². The number of nitrogens with zero attached hydrogens (tertiary/aromatic N) is 4. The van der Waals surface area contributed by atoms with E-state index in [0.29, 0.717) is 80.2 Å². The van der Waals surface area contributed by atoms with E-state index in [1.807, 2.05) is 44.2 Å². The van der Waals surface area contributed by atoms with Gasteiger partial charge in [0.2, 0.25) is 18.7 Å². The van der Waals surface area contributed by atoms with Gasteiger partial charge in [0, 0.05) is 56.2 Å². The van der Waals surface area contributed by atoms with Gasteiger partial charge in [0.05, 0.1) is 31.9 Å². The van der Waals surface area contributed by atoms with Crippen LogP contribution >= 0.6 is 0 Å². The molecule has 0 radical (unpaired) electrons. The summed E-state index contributed by atoms with van der Waals surface area (Å²) in [6, 6.07) is 7.88. The Kier molecular flexibility index (Phi) is 15.6. The van der Waals surface area contributed by atoms with Gasteiger partial charge in [-0.3, -0.25) is 34.2 Å². The van der Waals surface area contributed by atoms with Crippen molar-refractivity contribution in [1.82, 2.24) is 29.9 Å². The van der Waals surface area contributed by atoms with Crippen molar-refractivity contribution in [2.24, 2.45) is 7.05 Å². The Morgan fingerprint density at radius 3 is 2.32 bits per heavy atom. The van der Waals surface area contributed by atoms with Gasteiger partial charge in [-0.15, -0.1) is 0 Å². The number of imide groups is 2. The Bertz CT molecular complexity index is 1940. The lowest BCUT2D eigenvalue weighted by atomic mass is 9.91. The van der Waals surface area contributed by atoms with Gasteiger partial charge >= 0.3 is 6.03 Å². The minimum absolute atomic E-state index is 0.140. The maximum atomic E-state index is 13.6. The summed E-state index contributed by atoms with van der Waals surface area (Å²) in [6.07, 6.45) is 5.86. The van der Waals surface area contributed by atoms with Crippen molar-refractivity contribution in [2.75, 3.05) is 53.3 Å². The number of fused-ring (bicyclic) bond motifs is 1. The molecule has 302 valence electrons. The number of aryl methyl sites for hydroxylation is 2. The number of pyridine rings is 1. The van der Waals surface area contributed by atoms with Crippen molar-refractivity contribution < 1.29 is 33.4 Å². The minimum atomic E-state index is -1.12. The summed E-state index contributed by atoms with van der Waals surface area (Å²) >= 11 is 0. The molecule has 1 aliphatic heterocycles. The molecule has 0 spiro atoms. The standard InChI is InChI=1S/C41H55N7O8/c1-8-13-34(38(51)44-25-49)48(26-50)40(53)37-27(2)14-12-15-33(37)42-17-10-9-11-18-43-41(54)47-19-16-29-30(23-46(5)39(52)31(29)24-47)28-20-35(55-6)32(22-45(3)4)36(21-28)56-7/h12,14-15,20-21,23,25-26,34,42H,8-11,13,16-19,22,24H2,1-7H3,(H,43,54)(H,44,49,51). The number of anilines is 1. The molecule has 0 saturated heterocycles. The zero-order valence-corrected chi connectivity index (χ0v) is 33.5. The molecule has 0 fully saturated rings. The van der Waals surface area contributed by atoms with E-state index in [4.69, 9.17) is 9.47 Å². The molecule has 2 aromatic carbocycles. The summed E-state index contributed by atoms with van der Waals surface area (Å²) in [7, 11) is 8.93. The second-order valence-electron chi connectivity index (χ2n) is 14.2. The summed E-state index contributed by atoms with van der Waals surface area (Å²) in [4.78, 5) is 80.2. The van der Waals surface area contributed by atoms with Gasteiger partial charge in [0.25, 0.3) is 11.5 Å². The van der Waals surface area contributed by atoms with Crippen LogP contribution < -0.4 is 31.0 Å². The molecule has 3 aromatic rings. The van der Waals surface area contributed by atoms with Crippen molar-refractivity contribution in [1.29, 1.82) is 0 Å². The van der Waals surface area contributed by atoms with E-state index in [9.17, 15) is 28.8 Å². The predicted molar refractivity (Wildman–Crippen MR) is 214 cm³/mol. The second kappa shape index (κ2) is 20.3. The van der Waals surface area contributed by atoms with E-state index in [1.54, 1.807) is 55.9 Å². The molecule has 1 unspecified atom stereocenters. The highest BCUT2D eigenvalue weighted by Crippen LogP contribution is 2.38. The molecule has 0 bridgehead atoms. The summed E-state index contributed by atoms with van der Waals surface area (Å²) < 4.78 is 13.1. The van der Waals surface area contributed by atoms with Crippen molar-refractivity contribution in [3.05, 3.63) is 74.7 Å². The highest BCUT2D eigenvalue weighted by molar-refractivity contribution is 6.08. The molecule has 15 heteroatoms. The molecule has 1 atom stereocenters. The van der Waals surface area contributed by atoms with Crippen molar-refractivity contribution in [3.8, 4) is 22.6 Å². The van der Waals surface area contributed by atoms with Gasteiger partial charge in [-0.05, 0) is 88.0 Å². The highest BCUT2D eigenvalue weighted by Gasteiger charge is 2.32. The molecule has 1 aromatic heterocycles. The van der Waals surface area contributed by atoms with Crippen LogP contribution in [0.25, 0.3) is 11.1 Å². The Labute approximate surface area is 328 Å². The predicted octanol–water partition coefficient (Wildman–Crippen LogP) is 3.83. The third-order valence-corrected chi connectivity index (χ3v) is 9.93. The van der Waals surface area contributed by atoms with Crippen LogP contribution in [0.15, 0.2) is 41.3 Å². The molecule has 6 amide bonds. The maximum Gasteiger partial charge on any atom is 0.317 e. The number of urea groups is 1. The first-order valence-electron chi connectivity index (χ1n) is 18.9. The fraction of sp³-hybridized carbons (Fsp3) is 0.463. The zero-order valence-electron chi connectivity index (χ0n) is 33.5. The number of methoxy groups -OCH3 is 2. The number of hydrogen-bond acceptors (Lipinski definition) is 10. The van der Waals surface area contributed by atoms with Gasteiger partial charge in [0.15, 0.2) is 0 Å². The number of unbranched alkanes of at least 4 members (excludes halogenated alkanes) is 2. The summed E-state index contributed by atoms with van der Waals surface area (Å²) in [6.45, 7) is 5.82. The van der Waals surface area contributed by atoms with Crippen LogP contribution in [0.3, 0.4) is 0 Å². The van der Waals surface area contributed by atoms with Gasteiger partial charge in [-0.25, -0.2) is 4.79 Å². The number of rotatable bonds is 19. The number of hydrogen-bond donors (Lipinski definition) is 3. The molecule has 0 saturated carbocycles. The van der Waals surface area contributed by atoms with Crippen LogP contribution in [0.4, 0.5) is 10.5 Å². The Morgan fingerprint density at radius 2 is 1.70 bits per heavy atom. The minimum Gasteiger partial charge on any atom is -0.496 e. The number of nitrogens with one attached hydrogen (secondary N) is 3. The first kappa shape index (κ1) is 43.0. The second-order valence-corrected chi connectivity index (χ2v) is 14.2. The number of amides is 6. The van der Waals surface area contributed by atoms with Crippen LogP contribution in [0.1, 0.15) is 71.6 Å². The Hall–Kier alpha value is -5.70. The Morgan fingerprint density at radius 1 is 1.00 bits per heavy atom. The fourth-order valence-corrected chi connectivity index (χ4v) is 7.11. The van der Waals surface area contributed by atoms with E-state index in [0.717, 1.165) is 40.0 Å². The van der Waals surface area contributed by atoms with Crippen LogP contribution in [-0.2, 0) is 40.9 Å². The Balaban J connectivity index is 1.34. The lowest BCUT2D eigenvalue weighted by Crippen LogP contribution is -2.49. The number of carbonyl (C=O) groups excluding carboxylic acids is 5. The largest absolute Gasteiger partial charge is 0.496 e. The van der Waals surface area contributed by atoms with Crippen LogP contribution in [0.5, 0.6) is 11.5 Å². The number of carbonyl (C=O) groups is 5. The maximum absolute atomic E-state index is 13.6. The van der Waals surface area contributed by atoms with E-state index >= 15 is 0 Å². The number of ether oxygens (including phenoxy) is 2. The first-order valence-corrected chi connectivity index (χ1v) is 18.9. The van der Waals surface area contributed by atoms with Crippen LogP contribution in [0.2, 0.25) is 0 Å². The average Bonchev–Trinajstić information content (AvgIpc) is 3.18. The zero-order chi connectivity index (χ0) is 40.9. The lowest BCUT2D eigenvalue weighted by molar-refractivity contribution is -0.133. The molecule has 15 nitrogen and oxygen atoms in total. The summed E-state index contributed by atoms with van der Waals surface area (Å²) in [5.41, 5.74) is 5.49. The molecule has 2 heterocycles. The van der Waals surface area contributed by atoms with Crippen LogP contribution in [0, 0.1) is 6.92 Å². The molecule has 0 aliphatic carbocycles. The molecule has 1 aliphatic rings. The molecular formula is C41H55N7O8. The van der Waals surface area contributed by atoms with E-state index in [1.165, 1.54) is 0 Å². The fourth-order valence-electron chi connectivity index (χ4n) is 7.11. The lowest BCUT2D eigenvalue weighted by Gasteiger charge is -2.30. The number of benzene rings is 2. The highest BCUT2D eigenvalue weighted by atomic mass is 16.5.